The van der Waals surface area contributed by atoms with Gasteiger partial charge in [-0.2, -0.15) is 0 Å². The van der Waals surface area contributed by atoms with E-state index in [2.05, 4.69) is 20.0 Å². The highest BCUT2D eigenvalue weighted by Gasteiger charge is 2.31. The molecule has 0 spiro atoms. The number of aromatic nitrogens is 2. The van der Waals surface area contributed by atoms with Gasteiger partial charge in [0, 0.05) is 11.5 Å². The molecular formula is C17H9ClF3N3OS. The Hall–Kier alpha value is -2.58. The van der Waals surface area contributed by atoms with Crippen molar-refractivity contribution in [3.05, 3.63) is 53.6 Å². The average molecular weight is 396 g/mol. The number of anilines is 2. The Morgan fingerprint density at radius 1 is 1.04 bits per heavy atom. The fourth-order valence-corrected chi connectivity index (χ4v) is 3.57. The quantitative estimate of drug-likeness (QED) is 0.452. The zero-order valence-electron chi connectivity index (χ0n) is 12.8. The summed E-state index contributed by atoms with van der Waals surface area (Å²) in [6, 6.07) is 13.2. The van der Waals surface area contributed by atoms with Gasteiger partial charge in [-0.15, -0.1) is 13.2 Å². The topological polar surface area (TPSA) is 47.0 Å². The molecule has 0 radical (unpaired) electrons. The van der Waals surface area contributed by atoms with E-state index < -0.39 is 6.36 Å². The van der Waals surface area contributed by atoms with E-state index in [-0.39, 0.29) is 5.75 Å². The Kier molecular flexibility index (Phi) is 4.08. The highest BCUT2D eigenvalue weighted by Crippen LogP contribution is 2.33. The molecule has 132 valence electrons. The molecule has 0 aliphatic carbocycles. The standard InChI is InChI=1S/C17H9ClF3N3OS/c18-11-3-1-2-9-4-7-14(23-15(9)11)24-16-22-12-6-5-10(8-13(12)26-16)25-17(19,20)21/h1-8H,(H,22,23,24). The van der Waals surface area contributed by atoms with Crippen molar-refractivity contribution >= 4 is 55.0 Å². The van der Waals surface area contributed by atoms with Crippen LogP contribution in [0.4, 0.5) is 24.1 Å². The van der Waals surface area contributed by atoms with Crippen molar-refractivity contribution < 1.29 is 17.9 Å². The summed E-state index contributed by atoms with van der Waals surface area (Å²) in [5.41, 5.74) is 1.21. The summed E-state index contributed by atoms with van der Waals surface area (Å²) in [7, 11) is 0. The molecule has 4 rings (SSSR count). The van der Waals surface area contributed by atoms with Gasteiger partial charge in [0.25, 0.3) is 0 Å². The maximum Gasteiger partial charge on any atom is 0.573 e. The molecule has 2 heterocycles. The molecule has 4 aromatic rings. The lowest BCUT2D eigenvalue weighted by Gasteiger charge is -2.07. The number of thiazole rings is 1. The van der Waals surface area contributed by atoms with E-state index in [0.717, 1.165) is 5.39 Å². The first-order valence-electron chi connectivity index (χ1n) is 7.36. The van der Waals surface area contributed by atoms with E-state index >= 15 is 0 Å². The molecule has 9 heteroatoms. The van der Waals surface area contributed by atoms with Gasteiger partial charge >= 0.3 is 6.36 Å². The van der Waals surface area contributed by atoms with Crippen LogP contribution in [-0.4, -0.2) is 16.3 Å². The molecular weight excluding hydrogens is 387 g/mol. The van der Waals surface area contributed by atoms with Gasteiger partial charge in [-0.25, -0.2) is 9.97 Å². The van der Waals surface area contributed by atoms with Crippen LogP contribution in [0.5, 0.6) is 5.75 Å². The van der Waals surface area contributed by atoms with Gasteiger partial charge in [0.2, 0.25) is 0 Å². The fourth-order valence-electron chi connectivity index (χ4n) is 2.45. The lowest BCUT2D eigenvalue weighted by atomic mass is 10.2. The highest BCUT2D eigenvalue weighted by molar-refractivity contribution is 7.22. The second kappa shape index (κ2) is 6.30. The van der Waals surface area contributed by atoms with Crippen LogP contribution >= 0.6 is 22.9 Å². The fraction of sp³-hybridized carbons (Fsp3) is 0.0588. The number of hydrogen-bond acceptors (Lipinski definition) is 5. The number of rotatable bonds is 3. The van der Waals surface area contributed by atoms with Gasteiger partial charge in [0.15, 0.2) is 5.13 Å². The first kappa shape index (κ1) is 16.9. The minimum Gasteiger partial charge on any atom is -0.406 e. The van der Waals surface area contributed by atoms with Crippen LogP contribution < -0.4 is 10.1 Å². The van der Waals surface area contributed by atoms with E-state index in [1.807, 2.05) is 18.2 Å². The molecule has 0 fully saturated rings. The largest absolute Gasteiger partial charge is 0.573 e. The lowest BCUT2D eigenvalue weighted by molar-refractivity contribution is -0.274. The van der Waals surface area contributed by atoms with Crippen LogP contribution in [0.2, 0.25) is 5.02 Å². The summed E-state index contributed by atoms with van der Waals surface area (Å²) in [5.74, 6) is 0.257. The Labute approximate surface area is 154 Å². The van der Waals surface area contributed by atoms with Crippen LogP contribution in [-0.2, 0) is 0 Å². The lowest BCUT2D eigenvalue weighted by Crippen LogP contribution is -2.16. The molecule has 0 saturated heterocycles. The second-order valence-electron chi connectivity index (χ2n) is 5.33. The third-order valence-electron chi connectivity index (χ3n) is 3.50. The number of halogens is 4. The highest BCUT2D eigenvalue weighted by atomic mass is 35.5. The molecule has 0 saturated carbocycles. The second-order valence-corrected chi connectivity index (χ2v) is 6.77. The predicted octanol–water partition coefficient (Wildman–Crippen LogP) is 6.14. The third-order valence-corrected chi connectivity index (χ3v) is 4.74. The monoisotopic (exact) mass is 395 g/mol. The van der Waals surface area contributed by atoms with Crippen LogP contribution in [0.1, 0.15) is 0 Å². The van der Waals surface area contributed by atoms with Gasteiger partial charge in [0.05, 0.1) is 20.8 Å². The van der Waals surface area contributed by atoms with Crippen molar-refractivity contribution in [1.82, 2.24) is 9.97 Å². The SMILES string of the molecule is FC(F)(F)Oc1ccc2nc(Nc3ccc4cccc(Cl)c4n3)sc2c1. The molecule has 26 heavy (non-hydrogen) atoms. The summed E-state index contributed by atoms with van der Waals surface area (Å²) in [5, 5.41) is 4.99. The predicted molar refractivity (Wildman–Crippen MR) is 96.3 cm³/mol. The van der Waals surface area contributed by atoms with Crippen molar-refractivity contribution in [2.75, 3.05) is 5.32 Å². The molecule has 0 aliphatic heterocycles. The number of alkyl halides is 3. The zero-order valence-corrected chi connectivity index (χ0v) is 14.4. The summed E-state index contributed by atoms with van der Waals surface area (Å²) in [4.78, 5) is 8.80. The van der Waals surface area contributed by atoms with Gasteiger partial charge in [-0.3, -0.25) is 0 Å². The summed E-state index contributed by atoms with van der Waals surface area (Å²) in [6.07, 6.45) is -4.73. The minimum atomic E-state index is -4.73. The summed E-state index contributed by atoms with van der Waals surface area (Å²) < 4.78 is 41.5. The molecule has 4 nitrogen and oxygen atoms in total. The molecule has 0 atom stereocenters. The number of ether oxygens (including phenoxy) is 1. The number of nitrogens with zero attached hydrogens (tertiary/aromatic N) is 2. The van der Waals surface area contributed by atoms with Crippen molar-refractivity contribution in [1.29, 1.82) is 0 Å². The average Bonchev–Trinajstić information content (AvgIpc) is 2.95. The zero-order chi connectivity index (χ0) is 18.3. The van der Waals surface area contributed by atoms with Gasteiger partial charge in [-0.1, -0.05) is 35.1 Å². The summed E-state index contributed by atoms with van der Waals surface area (Å²) in [6.45, 7) is 0. The minimum absolute atomic E-state index is 0.282. The number of hydrogen-bond donors (Lipinski definition) is 1. The van der Waals surface area contributed by atoms with Crippen LogP contribution in [0, 0.1) is 0 Å². The Morgan fingerprint density at radius 3 is 2.69 bits per heavy atom. The van der Waals surface area contributed by atoms with Crippen LogP contribution in [0.3, 0.4) is 0 Å². The molecule has 2 aromatic carbocycles. The van der Waals surface area contributed by atoms with E-state index in [0.29, 0.717) is 31.7 Å². The Balaban J connectivity index is 1.64. The van der Waals surface area contributed by atoms with E-state index in [1.54, 1.807) is 12.1 Å². The number of fused-ring (bicyclic) bond motifs is 2. The number of benzene rings is 2. The molecule has 1 N–H and O–H groups in total. The van der Waals surface area contributed by atoms with E-state index in [9.17, 15) is 13.2 Å². The first-order valence-corrected chi connectivity index (χ1v) is 8.55. The molecule has 0 amide bonds. The van der Waals surface area contributed by atoms with Crippen LogP contribution in [0.15, 0.2) is 48.5 Å². The van der Waals surface area contributed by atoms with Crippen molar-refractivity contribution in [2.24, 2.45) is 0 Å². The van der Waals surface area contributed by atoms with E-state index in [4.69, 9.17) is 11.6 Å². The summed E-state index contributed by atoms with van der Waals surface area (Å²) >= 11 is 7.36. The van der Waals surface area contributed by atoms with E-state index in [1.165, 1.54) is 29.5 Å². The van der Waals surface area contributed by atoms with Crippen LogP contribution in [0.25, 0.3) is 21.1 Å². The van der Waals surface area contributed by atoms with Gasteiger partial charge in [0.1, 0.15) is 11.6 Å². The van der Waals surface area contributed by atoms with Crippen molar-refractivity contribution in [3.63, 3.8) is 0 Å². The van der Waals surface area contributed by atoms with Gasteiger partial charge < -0.3 is 10.1 Å². The molecule has 0 aliphatic rings. The van der Waals surface area contributed by atoms with Crippen molar-refractivity contribution in [2.45, 2.75) is 6.36 Å². The Morgan fingerprint density at radius 2 is 1.88 bits per heavy atom. The van der Waals surface area contributed by atoms with Gasteiger partial charge in [-0.05, 0) is 30.3 Å². The smallest absolute Gasteiger partial charge is 0.406 e. The number of pyridine rings is 1. The molecule has 2 aromatic heterocycles. The first-order chi connectivity index (χ1) is 12.4. The Bertz CT molecular complexity index is 1110. The van der Waals surface area contributed by atoms with Crippen molar-refractivity contribution in [3.8, 4) is 5.75 Å². The third kappa shape index (κ3) is 3.51. The molecule has 0 bridgehead atoms. The maximum atomic E-state index is 12.3. The number of para-hydroxylation sites is 1. The normalized spacial score (nSPS) is 11.8. The maximum absolute atomic E-state index is 12.3. The number of nitrogens with one attached hydrogen (secondary N) is 1. The molecule has 0 unspecified atom stereocenters.